The fraction of sp³-hybridized carbons (Fsp3) is 0.290. The number of nitrogens with zero attached hydrogens (tertiary/aromatic N) is 1. The second-order valence-electron chi connectivity index (χ2n) is 10.5. The van der Waals surface area contributed by atoms with Crippen molar-refractivity contribution in [2.24, 2.45) is 5.92 Å². The van der Waals surface area contributed by atoms with Gasteiger partial charge in [0.15, 0.2) is 6.61 Å². The van der Waals surface area contributed by atoms with E-state index in [-0.39, 0.29) is 24.3 Å². The van der Waals surface area contributed by atoms with E-state index < -0.39 is 30.4 Å². The molecule has 3 aromatic carbocycles. The molecule has 0 unspecified atom stereocenters. The van der Waals surface area contributed by atoms with Crippen LogP contribution in [0, 0.1) is 5.92 Å². The molecule has 0 saturated carbocycles. The van der Waals surface area contributed by atoms with Crippen molar-refractivity contribution in [2.75, 3.05) is 30.5 Å². The summed E-state index contributed by atoms with van der Waals surface area (Å²) < 4.78 is 15.7. The molecule has 0 aromatic heterocycles. The van der Waals surface area contributed by atoms with Crippen LogP contribution in [-0.2, 0) is 29.3 Å². The molecule has 1 atom stereocenters. The van der Waals surface area contributed by atoms with E-state index in [4.69, 9.17) is 9.47 Å². The van der Waals surface area contributed by atoms with Gasteiger partial charge in [-0.1, -0.05) is 32.9 Å². The maximum absolute atomic E-state index is 12.6. The third-order valence-electron chi connectivity index (χ3n) is 6.50. The zero-order valence-electron chi connectivity index (χ0n) is 22.9. The van der Waals surface area contributed by atoms with Crippen LogP contribution in [0.1, 0.15) is 43.1 Å². The molecule has 1 heterocycles. The number of nitrogens with one attached hydrogen (secondary N) is 1. The number of amides is 2. The molecule has 9 nitrogen and oxygen atoms in total. The number of hydrogen-bond donors (Lipinski definition) is 1. The van der Waals surface area contributed by atoms with Crippen molar-refractivity contribution in [3.8, 4) is 11.5 Å². The number of methoxy groups -OCH3 is 1. The molecule has 0 aliphatic carbocycles. The molecule has 1 N–H and O–H groups in total. The van der Waals surface area contributed by atoms with Gasteiger partial charge < -0.3 is 24.4 Å². The summed E-state index contributed by atoms with van der Waals surface area (Å²) in [6.07, 6.45) is -0.00613. The van der Waals surface area contributed by atoms with Crippen molar-refractivity contribution >= 4 is 35.1 Å². The lowest BCUT2D eigenvalue weighted by Crippen LogP contribution is -2.28. The van der Waals surface area contributed by atoms with Crippen molar-refractivity contribution in [3.05, 3.63) is 83.9 Å². The van der Waals surface area contributed by atoms with Crippen LogP contribution in [0.25, 0.3) is 0 Å². The largest absolute Gasteiger partial charge is 0.465 e. The van der Waals surface area contributed by atoms with Gasteiger partial charge in [-0.25, -0.2) is 4.79 Å². The Labute approximate surface area is 233 Å². The van der Waals surface area contributed by atoms with E-state index in [0.717, 1.165) is 0 Å². The Kier molecular flexibility index (Phi) is 8.52. The Morgan fingerprint density at radius 2 is 1.50 bits per heavy atom. The van der Waals surface area contributed by atoms with Crippen LogP contribution in [-0.4, -0.2) is 44.0 Å². The Morgan fingerprint density at radius 3 is 2.08 bits per heavy atom. The third kappa shape index (κ3) is 7.05. The summed E-state index contributed by atoms with van der Waals surface area (Å²) in [4.78, 5) is 50.4. The fourth-order valence-corrected chi connectivity index (χ4v) is 4.23. The van der Waals surface area contributed by atoms with E-state index in [1.807, 2.05) is 24.3 Å². The number of anilines is 2. The second kappa shape index (κ2) is 12.0. The van der Waals surface area contributed by atoms with Gasteiger partial charge in [0.25, 0.3) is 5.91 Å². The highest BCUT2D eigenvalue weighted by atomic mass is 16.5. The number of benzene rings is 3. The quantitative estimate of drug-likeness (QED) is 0.393. The number of hydrogen-bond acceptors (Lipinski definition) is 7. The molecule has 2 amide bonds. The first-order valence-corrected chi connectivity index (χ1v) is 12.9. The van der Waals surface area contributed by atoms with Gasteiger partial charge in [0.05, 0.1) is 18.6 Å². The van der Waals surface area contributed by atoms with Crippen LogP contribution >= 0.6 is 0 Å². The van der Waals surface area contributed by atoms with Crippen LogP contribution in [0.15, 0.2) is 72.8 Å². The first kappa shape index (κ1) is 28.4. The van der Waals surface area contributed by atoms with Crippen LogP contribution in [0.4, 0.5) is 11.4 Å². The smallest absolute Gasteiger partial charge is 0.337 e. The number of rotatable bonds is 8. The molecule has 40 heavy (non-hydrogen) atoms. The van der Waals surface area contributed by atoms with Crippen molar-refractivity contribution in [1.82, 2.24) is 0 Å². The lowest BCUT2D eigenvalue weighted by molar-refractivity contribution is -0.151. The van der Waals surface area contributed by atoms with Crippen LogP contribution in [0.2, 0.25) is 0 Å². The normalized spacial score (nSPS) is 14.9. The second-order valence-corrected chi connectivity index (χ2v) is 10.5. The van der Waals surface area contributed by atoms with Gasteiger partial charge in [-0.15, -0.1) is 0 Å². The Hall–Kier alpha value is -4.66. The van der Waals surface area contributed by atoms with Crippen molar-refractivity contribution < 1.29 is 33.4 Å². The van der Waals surface area contributed by atoms with E-state index in [1.54, 1.807) is 36.4 Å². The molecule has 208 valence electrons. The summed E-state index contributed by atoms with van der Waals surface area (Å²) in [7, 11) is 1.28. The molecule has 4 rings (SSSR count). The van der Waals surface area contributed by atoms with E-state index in [1.165, 1.54) is 29.7 Å². The molecule has 1 aliphatic rings. The fourth-order valence-electron chi connectivity index (χ4n) is 4.23. The predicted molar refractivity (Wildman–Crippen MR) is 149 cm³/mol. The van der Waals surface area contributed by atoms with E-state index >= 15 is 0 Å². The van der Waals surface area contributed by atoms with Gasteiger partial charge in [-0.2, -0.15) is 0 Å². The molecule has 0 radical (unpaired) electrons. The summed E-state index contributed by atoms with van der Waals surface area (Å²) in [5, 5.41) is 2.59. The number of carbonyl (C=O) groups excluding carboxylic acids is 4. The first-order chi connectivity index (χ1) is 19.0. The Bertz CT molecular complexity index is 1380. The highest BCUT2D eigenvalue weighted by Gasteiger charge is 2.36. The lowest BCUT2D eigenvalue weighted by atomic mass is 9.87. The van der Waals surface area contributed by atoms with Gasteiger partial charge in [0.2, 0.25) is 5.91 Å². The molecule has 3 aromatic rings. The molecule has 0 bridgehead atoms. The zero-order valence-corrected chi connectivity index (χ0v) is 22.9. The molecule has 1 aliphatic heterocycles. The summed E-state index contributed by atoms with van der Waals surface area (Å²) in [5.41, 5.74) is 2.69. The molecular formula is C31H32N2O7. The molecule has 0 spiro atoms. The highest BCUT2D eigenvalue weighted by molar-refractivity contribution is 6.00. The number of esters is 2. The van der Waals surface area contributed by atoms with Gasteiger partial charge in [-0.05, 0) is 71.6 Å². The number of carbonyl (C=O) groups is 4. The van der Waals surface area contributed by atoms with Crippen molar-refractivity contribution in [3.63, 3.8) is 0 Å². The summed E-state index contributed by atoms with van der Waals surface area (Å²) in [5.74, 6) is -1.20. The van der Waals surface area contributed by atoms with Gasteiger partial charge in [0, 0.05) is 24.3 Å². The zero-order chi connectivity index (χ0) is 28.9. The maximum atomic E-state index is 12.6. The summed E-state index contributed by atoms with van der Waals surface area (Å²) in [6, 6.07) is 21.1. The van der Waals surface area contributed by atoms with Gasteiger partial charge >= 0.3 is 11.9 Å². The van der Waals surface area contributed by atoms with Crippen LogP contribution in [0.3, 0.4) is 0 Å². The maximum Gasteiger partial charge on any atom is 0.337 e. The average Bonchev–Trinajstić information content (AvgIpc) is 3.33. The lowest BCUT2D eigenvalue weighted by Gasteiger charge is -2.19. The molecule has 1 saturated heterocycles. The minimum atomic E-state index is -0.683. The molecule has 1 fully saturated rings. The average molecular weight is 545 g/mol. The summed E-state index contributed by atoms with van der Waals surface area (Å²) >= 11 is 0. The van der Waals surface area contributed by atoms with Crippen molar-refractivity contribution in [2.45, 2.75) is 32.6 Å². The van der Waals surface area contributed by atoms with E-state index in [2.05, 4.69) is 30.8 Å². The topological polar surface area (TPSA) is 111 Å². The van der Waals surface area contributed by atoms with Crippen molar-refractivity contribution in [1.29, 1.82) is 0 Å². The highest BCUT2D eigenvalue weighted by Crippen LogP contribution is 2.30. The number of ether oxygens (including phenoxy) is 3. The predicted octanol–water partition coefficient (Wildman–Crippen LogP) is 5.10. The van der Waals surface area contributed by atoms with Crippen LogP contribution in [0.5, 0.6) is 11.5 Å². The van der Waals surface area contributed by atoms with E-state index in [0.29, 0.717) is 28.4 Å². The van der Waals surface area contributed by atoms with Gasteiger partial charge in [0.1, 0.15) is 11.5 Å². The third-order valence-corrected chi connectivity index (χ3v) is 6.50. The minimum absolute atomic E-state index is 0.00613. The van der Waals surface area contributed by atoms with Gasteiger partial charge in [-0.3, -0.25) is 14.4 Å². The molecule has 9 heteroatoms. The molecular weight excluding hydrogens is 512 g/mol. The van der Waals surface area contributed by atoms with Crippen LogP contribution < -0.4 is 15.0 Å². The first-order valence-electron chi connectivity index (χ1n) is 12.9. The monoisotopic (exact) mass is 544 g/mol. The Balaban J connectivity index is 1.27. The summed E-state index contributed by atoms with van der Waals surface area (Å²) in [6.45, 7) is 6.12. The van der Waals surface area contributed by atoms with E-state index in [9.17, 15) is 19.2 Å². The standard InChI is InChI=1S/C31H32N2O7/c1-31(2,3)22-7-13-25(14-8-22)40-26-15-11-24(12-16-26)33-18-21(17-28(33)35)30(37)39-19-27(34)32-23-9-5-20(6-10-23)29(36)38-4/h5-16,21H,17-19H2,1-4H3,(H,32,34)/t21-/m1/s1. The SMILES string of the molecule is COC(=O)c1ccc(NC(=O)COC(=O)[C@@H]2CC(=O)N(c3ccc(Oc4ccc(C(C)(C)C)cc4)cc3)C2)cc1. The minimum Gasteiger partial charge on any atom is -0.465 e. The Morgan fingerprint density at radius 1 is 0.900 bits per heavy atom.